The standard InChI is InChI=1S/C18H21N3O/c1-13(19-12-14-8-10-15(22-3)11-9-14)18-20-16-6-4-5-7-17(16)21(18)2/h4-11,13,19H,12H2,1-3H3. The third-order valence-electron chi connectivity index (χ3n) is 3.98. The maximum absolute atomic E-state index is 5.18. The van der Waals surface area contributed by atoms with E-state index in [0.29, 0.717) is 0 Å². The minimum Gasteiger partial charge on any atom is -0.497 e. The van der Waals surface area contributed by atoms with Crippen LogP contribution in [0.4, 0.5) is 0 Å². The van der Waals surface area contributed by atoms with Gasteiger partial charge in [0.1, 0.15) is 11.6 Å². The smallest absolute Gasteiger partial charge is 0.126 e. The van der Waals surface area contributed by atoms with Crippen LogP contribution < -0.4 is 10.1 Å². The summed E-state index contributed by atoms with van der Waals surface area (Å²) in [6, 6.07) is 16.5. The molecule has 1 N–H and O–H groups in total. The lowest BCUT2D eigenvalue weighted by atomic mass is 10.2. The van der Waals surface area contributed by atoms with Gasteiger partial charge in [-0.15, -0.1) is 0 Å². The molecule has 0 fully saturated rings. The maximum Gasteiger partial charge on any atom is 0.126 e. The molecule has 0 spiro atoms. The first kappa shape index (κ1) is 14.6. The molecule has 1 heterocycles. The summed E-state index contributed by atoms with van der Waals surface area (Å²) in [5, 5.41) is 3.53. The Morgan fingerprint density at radius 2 is 1.86 bits per heavy atom. The van der Waals surface area contributed by atoms with E-state index in [-0.39, 0.29) is 6.04 Å². The molecule has 0 saturated heterocycles. The number of hydrogen-bond donors (Lipinski definition) is 1. The van der Waals surface area contributed by atoms with E-state index in [0.717, 1.165) is 29.2 Å². The van der Waals surface area contributed by atoms with Gasteiger partial charge in [-0.05, 0) is 36.8 Å². The van der Waals surface area contributed by atoms with Gasteiger partial charge >= 0.3 is 0 Å². The number of nitrogens with zero attached hydrogens (tertiary/aromatic N) is 2. The highest BCUT2D eigenvalue weighted by Crippen LogP contribution is 2.19. The van der Waals surface area contributed by atoms with Crippen LogP contribution in [0.2, 0.25) is 0 Å². The summed E-state index contributed by atoms with van der Waals surface area (Å²) >= 11 is 0. The molecule has 0 aliphatic carbocycles. The van der Waals surface area contributed by atoms with Gasteiger partial charge in [-0.1, -0.05) is 24.3 Å². The van der Waals surface area contributed by atoms with Crippen molar-refractivity contribution in [3.8, 4) is 5.75 Å². The average Bonchev–Trinajstić information content (AvgIpc) is 2.90. The van der Waals surface area contributed by atoms with E-state index in [1.807, 2.05) is 24.3 Å². The number of hydrogen-bond acceptors (Lipinski definition) is 3. The molecule has 1 unspecified atom stereocenters. The van der Waals surface area contributed by atoms with Crippen molar-refractivity contribution < 1.29 is 4.74 Å². The van der Waals surface area contributed by atoms with Crippen molar-refractivity contribution in [3.63, 3.8) is 0 Å². The summed E-state index contributed by atoms with van der Waals surface area (Å²) < 4.78 is 7.33. The van der Waals surface area contributed by atoms with Crippen molar-refractivity contribution in [2.75, 3.05) is 7.11 Å². The summed E-state index contributed by atoms with van der Waals surface area (Å²) in [6.45, 7) is 2.94. The van der Waals surface area contributed by atoms with E-state index in [9.17, 15) is 0 Å². The molecule has 0 bridgehead atoms. The monoisotopic (exact) mass is 295 g/mol. The lowest BCUT2D eigenvalue weighted by molar-refractivity contribution is 0.414. The van der Waals surface area contributed by atoms with Gasteiger partial charge in [0.25, 0.3) is 0 Å². The van der Waals surface area contributed by atoms with Crippen LogP contribution in [0.25, 0.3) is 11.0 Å². The number of nitrogens with one attached hydrogen (secondary N) is 1. The van der Waals surface area contributed by atoms with Gasteiger partial charge in [-0.25, -0.2) is 4.98 Å². The van der Waals surface area contributed by atoms with Crippen molar-refractivity contribution in [3.05, 3.63) is 59.9 Å². The number of aryl methyl sites for hydroxylation is 1. The van der Waals surface area contributed by atoms with E-state index in [2.05, 4.69) is 48.1 Å². The second-order valence-electron chi connectivity index (χ2n) is 5.47. The van der Waals surface area contributed by atoms with Gasteiger partial charge in [-0.3, -0.25) is 0 Å². The fourth-order valence-electron chi connectivity index (χ4n) is 2.66. The Bertz CT molecular complexity index is 762. The first-order chi connectivity index (χ1) is 10.7. The van der Waals surface area contributed by atoms with Crippen molar-refractivity contribution >= 4 is 11.0 Å². The number of aromatic nitrogens is 2. The Hall–Kier alpha value is -2.33. The van der Waals surface area contributed by atoms with Crippen LogP contribution in [0.5, 0.6) is 5.75 Å². The second kappa shape index (κ2) is 6.20. The first-order valence-electron chi connectivity index (χ1n) is 7.46. The van der Waals surface area contributed by atoms with Crippen LogP contribution in [0.3, 0.4) is 0 Å². The third-order valence-corrected chi connectivity index (χ3v) is 3.98. The van der Waals surface area contributed by atoms with Crippen molar-refractivity contribution in [1.29, 1.82) is 0 Å². The molecule has 1 atom stereocenters. The van der Waals surface area contributed by atoms with Crippen molar-refractivity contribution in [2.24, 2.45) is 7.05 Å². The summed E-state index contributed by atoms with van der Waals surface area (Å²) in [5.74, 6) is 1.93. The molecule has 114 valence electrons. The van der Waals surface area contributed by atoms with Gasteiger partial charge in [0.2, 0.25) is 0 Å². The fraction of sp³-hybridized carbons (Fsp3) is 0.278. The van der Waals surface area contributed by atoms with E-state index in [1.165, 1.54) is 5.56 Å². The largest absolute Gasteiger partial charge is 0.497 e. The molecule has 1 aromatic heterocycles. The number of ether oxygens (including phenoxy) is 1. The number of imidazole rings is 1. The lowest BCUT2D eigenvalue weighted by Gasteiger charge is -2.14. The minimum absolute atomic E-state index is 0.180. The second-order valence-corrected chi connectivity index (χ2v) is 5.47. The van der Waals surface area contributed by atoms with Crippen LogP contribution in [0.1, 0.15) is 24.4 Å². The fourth-order valence-corrected chi connectivity index (χ4v) is 2.66. The highest BCUT2D eigenvalue weighted by Gasteiger charge is 2.13. The lowest BCUT2D eigenvalue weighted by Crippen LogP contribution is -2.21. The number of fused-ring (bicyclic) bond motifs is 1. The summed E-state index contributed by atoms with van der Waals surface area (Å²) in [5.41, 5.74) is 3.43. The molecule has 0 aliphatic heterocycles. The van der Waals surface area contributed by atoms with Gasteiger partial charge in [0.15, 0.2) is 0 Å². The molecule has 0 amide bonds. The Labute approximate surface area is 130 Å². The molecule has 2 aromatic carbocycles. The van der Waals surface area contributed by atoms with Gasteiger partial charge in [0.05, 0.1) is 24.2 Å². The molecule has 0 aliphatic rings. The Kier molecular flexibility index (Phi) is 4.11. The quantitative estimate of drug-likeness (QED) is 0.784. The summed E-state index contributed by atoms with van der Waals surface area (Å²) in [7, 11) is 3.75. The molecular weight excluding hydrogens is 274 g/mol. The van der Waals surface area contributed by atoms with Crippen molar-refractivity contribution in [1.82, 2.24) is 14.9 Å². The zero-order chi connectivity index (χ0) is 15.5. The zero-order valence-electron chi connectivity index (χ0n) is 13.2. The van der Waals surface area contributed by atoms with Crippen molar-refractivity contribution in [2.45, 2.75) is 19.5 Å². The van der Waals surface area contributed by atoms with Gasteiger partial charge in [0, 0.05) is 13.6 Å². The third kappa shape index (κ3) is 2.83. The topological polar surface area (TPSA) is 39.1 Å². The molecule has 3 rings (SSSR count). The van der Waals surface area contributed by atoms with E-state index < -0.39 is 0 Å². The summed E-state index contributed by atoms with van der Waals surface area (Å²) in [4.78, 5) is 4.73. The normalized spacial score (nSPS) is 12.5. The molecule has 0 radical (unpaired) electrons. The minimum atomic E-state index is 0.180. The van der Waals surface area contributed by atoms with Crippen LogP contribution in [-0.4, -0.2) is 16.7 Å². The molecule has 4 nitrogen and oxygen atoms in total. The molecular formula is C18H21N3O. The number of para-hydroxylation sites is 2. The molecule has 4 heteroatoms. The van der Waals surface area contributed by atoms with Gasteiger partial charge < -0.3 is 14.6 Å². The van der Waals surface area contributed by atoms with E-state index in [1.54, 1.807) is 7.11 Å². The summed E-state index contributed by atoms with van der Waals surface area (Å²) in [6.07, 6.45) is 0. The highest BCUT2D eigenvalue weighted by atomic mass is 16.5. The van der Waals surface area contributed by atoms with E-state index in [4.69, 9.17) is 9.72 Å². The predicted octanol–water partition coefficient (Wildman–Crippen LogP) is 3.43. The van der Waals surface area contributed by atoms with Crippen LogP contribution in [-0.2, 0) is 13.6 Å². The average molecular weight is 295 g/mol. The Morgan fingerprint density at radius 1 is 1.14 bits per heavy atom. The predicted molar refractivity (Wildman–Crippen MR) is 89.0 cm³/mol. The molecule has 3 aromatic rings. The first-order valence-corrected chi connectivity index (χ1v) is 7.46. The zero-order valence-corrected chi connectivity index (χ0v) is 13.2. The number of rotatable bonds is 5. The Morgan fingerprint density at radius 3 is 2.55 bits per heavy atom. The highest BCUT2D eigenvalue weighted by molar-refractivity contribution is 5.75. The molecule has 22 heavy (non-hydrogen) atoms. The SMILES string of the molecule is COc1ccc(CNC(C)c2nc3ccccc3n2C)cc1. The van der Waals surface area contributed by atoms with Crippen LogP contribution >= 0.6 is 0 Å². The van der Waals surface area contributed by atoms with E-state index >= 15 is 0 Å². The van der Waals surface area contributed by atoms with Crippen LogP contribution in [0, 0.1) is 0 Å². The van der Waals surface area contributed by atoms with Crippen LogP contribution in [0.15, 0.2) is 48.5 Å². The number of methoxy groups -OCH3 is 1. The molecule has 0 saturated carbocycles. The Balaban J connectivity index is 1.72. The maximum atomic E-state index is 5.18. The van der Waals surface area contributed by atoms with Gasteiger partial charge in [-0.2, -0.15) is 0 Å². The number of benzene rings is 2.